The number of benzene rings is 1. The quantitative estimate of drug-likeness (QED) is 0.318. The van der Waals surface area contributed by atoms with E-state index in [0.29, 0.717) is 41.7 Å². The Morgan fingerprint density at radius 1 is 1.08 bits per heavy atom. The lowest BCUT2D eigenvalue weighted by molar-refractivity contribution is -0.144. The molecule has 0 unspecified atom stereocenters. The Bertz CT molecular complexity index is 1520. The molecule has 274 valence electrons. The topological polar surface area (TPSA) is 131 Å². The van der Waals surface area contributed by atoms with E-state index in [9.17, 15) is 19.2 Å². The van der Waals surface area contributed by atoms with Crippen molar-refractivity contribution in [2.24, 2.45) is 5.92 Å². The monoisotopic (exact) mass is 711 g/mol. The molecule has 2 aliphatic heterocycles. The standard InChI is InChI=1S/C37H53N5O7S/c1-8-48-26-18-25-19-42(29(21-41(25)20-26)34-38-28(22-50-34)32(43)27-16-12-13-17-30(27)47-7)35(45)31(24-14-10-9-11-15-24)39-33(44)23(2)40(6)36(46)49-37(3,4)5/h12-13,16-17,22-26,29,31H,8-11,14-15,18-21H2,1-7H3,(H,39,44)/t23-,25+,26+,29-,31-/m0/s1. The number of methoxy groups -OCH3 is 1. The first-order chi connectivity index (χ1) is 23.8. The van der Waals surface area contributed by atoms with E-state index >= 15 is 0 Å². The first kappa shape index (κ1) is 37.7. The second-order valence-corrected chi connectivity index (χ2v) is 15.6. The largest absolute Gasteiger partial charge is 0.496 e. The van der Waals surface area contributed by atoms with Gasteiger partial charge in [0.25, 0.3) is 0 Å². The van der Waals surface area contributed by atoms with Crippen LogP contribution in [-0.4, -0.2) is 114 Å². The minimum absolute atomic E-state index is 0.0448. The van der Waals surface area contributed by atoms with Crippen molar-refractivity contribution < 1.29 is 33.4 Å². The Hall–Kier alpha value is -3.55. The van der Waals surface area contributed by atoms with E-state index in [2.05, 4.69) is 10.2 Å². The molecule has 1 N–H and O–H groups in total. The van der Waals surface area contributed by atoms with Gasteiger partial charge in [0.15, 0.2) is 0 Å². The number of fused-ring (bicyclic) bond motifs is 1. The number of likely N-dealkylation sites (N-methyl/N-ethyl adjacent to an activating group) is 1. The van der Waals surface area contributed by atoms with Gasteiger partial charge in [0, 0.05) is 44.7 Å². The number of nitrogens with zero attached hydrogens (tertiary/aromatic N) is 4. The fourth-order valence-corrected chi connectivity index (χ4v) is 8.22. The van der Waals surface area contributed by atoms with E-state index in [1.165, 1.54) is 30.4 Å². The van der Waals surface area contributed by atoms with E-state index in [1.54, 1.807) is 51.3 Å². The van der Waals surface area contributed by atoms with Gasteiger partial charge in [-0.2, -0.15) is 0 Å². The normalized spacial score (nSPS) is 22.7. The third kappa shape index (κ3) is 8.66. The first-order valence-corrected chi connectivity index (χ1v) is 18.7. The molecule has 1 aromatic heterocycles. The maximum Gasteiger partial charge on any atom is 0.410 e. The maximum atomic E-state index is 14.9. The molecular formula is C37H53N5O7S. The van der Waals surface area contributed by atoms with Crippen LogP contribution in [0, 0.1) is 5.92 Å². The van der Waals surface area contributed by atoms with Crippen molar-refractivity contribution >= 4 is 35.0 Å². The molecule has 3 aliphatic rings. The van der Waals surface area contributed by atoms with Crippen LogP contribution in [0.3, 0.4) is 0 Å². The van der Waals surface area contributed by atoms with Crippen LogP contribution in [0.5, 0.6) is 5.75 Å². The summed E-state index contributed by atoms with van der Waals surface area (Å²) in [5, 5.41) is 5.52. The summed E-state index contributed by atoms with van der Waals surface area (Å²) in [6, 6.07) is 5.11. The minimum Gasteiger partial charge on any atom is -0.496 e. The first-order valence-electron chi connectivity index (χ1n) is 17.9. The molecule has 0 spiro atoms. The highest BCUT2D eigenvalue weighted by atomic mass is 32.1. The maximum absolute atomic E-state index is 14.9. The van der Waals surface area contributed by atoms with Crippen LogP contribution < -0.4 is 10.1 Å². The number of amides is 3. The van der Waals surface area contributed by atoms with E-state index in [1.807, 2.05) is 17.9 Å². The third-order valence-corrected chi connectivity index (χ3v) is 11.0. The molecule has 5 atom stereocenters. The van der Waals surface area contributed by atoms with Crippen LogP contribution >= 0.6 is 11.3 Å². The van der Waals surface area contributed by atoms with E-state index in [4.69, 9.17) is 19.2 Å². The number of rotatable bonds is 11. The van der Waals surface area contributed by atoms with Gasteiger partial charge in [-0.15, -0.1) is 11.3 Å². The summed E-state index contributed by atoms with van der Waals surface area (Å²) in [5.41, 5.74) is 0.00988. The van der Waals surface area contributed by atoms with Gasteiger partial charge >= 0.3 is 6.09 Å². The number of carbonyl (C=O) groups is 4. The van der Waals surface area contributed by atoms with Crippen molar-refractivity contribution in [1.29, 1.82) is 0 Å². The number of carbonyl (C=O) groups excluding carboxylic acids is 4. The number of nitrogens with one attached hydrogen (secondary N) is 1. The second-order valence-electron chi connectivity index (χ2n) is 14.7. The van der Waals surface area contributed by atoms with E-state index < -0.39 is 35.7 Å². The van der Waals surface area contributed by atoms with Gasteiger partial charge in [0.2, 0.25) is 17.6 Å². The zero-order valence-corrected chi connectivity index (χ0v) is 31.3. The molecule has 1 saturated carbocycles. The van der Waals surface area contributed by atoms with Gasteiger partial charge in [0.05, 0.1) is 24.8 Å². The van der Waals surface area contributed by atoms with E-state index in [-0.39, 0.29) is 29.8 Å². The molecular weight excluding hydrogens is 659 g/mol. The molecule has 3 heterocycles. The summed E-state index contributed by atoms with van der Waals surface area (Å²) >= 11 is 1.37. The van der Waals surface area contributed by atoms with Crippen LogP contribution in [0.15, 0.2) is 29.6 Å². The number of hydrogen-bond acceptors (Lipinski definition) is 10. The molecule has 3 fully saturated rings. The Kier molecular flexibility index (Phi) is 12.2. The molecule has 5 rings (SSSR count). The molecule has 50 heavy (non-hydrogen) atoms. The second kappa shape index (κ2) is 16.2. The predicted octanol–water partition coefficient (Wildman–Crippen LogP) is 5.07. The number of piperazine rings is 1. The lowest BCUT2D eigenvalue weighted by Gasteiger charge is -2.45. The Morgan fingerprint density at radius 2 is 1.80 bits per heavy atom. The highest BCUT2D eigenvalue weighted by Crippen LogP contribution is 2.37. The number of aromatic nitrogens is 1. The summed E-state index contributed by atoms with van der Waals surface area (Å²) in [6.45, 7) is 11.3. The summed E-state index contributed by atoms with van der Waals surface area (Å²) < 4.78 is 17.0. The number of thiazole rings is 1. The van der Waals surface area contributed by atoms with Gasteiger partial charge in [-0.1, -0.05) is 31.4 Å². The summed E-state index contributed by atoms with van der Waals surface area (Å²) in [7, 11) is 3.07. The van der Waals surface area contributed by atoms with Crippen molar-refractivity contribution in [2.75, 3.05) is 40.4 Å². The summed E-state index contributed by atoms with van der Waals surface area (Å²) in [4.78, 5) is 65.5. The van der Waals surface area contributed by atoms with Crippen LogP contribution in [0.25, 0.3) is 0 Å². The van der Waals surface area contributed by atoms with Gasteiger partial charge in [-0.3, -0.25) is 24.2 Å². The molecule has 2 aromatic rings. The van der Waals surface area contributed by atoms with Crippen LogP contribution in [-0.2, 0) is 19.1 Å². The van der Waals surface area contributed by atoms with Gasteiger partial charge in [-0.25, -0.2) is 9.78 Å². The van der Waals surface area contributed by atoms with Crippen LogP contribution in [0.2, 0.25) is 0 Å². The smallest absolute Gasteiger partial charge is 0.410 e. The van der Waals surface area contributed by atoms with Crippen molar-refractivity contribution in [3.05, 3.63) is 45.9 Å². The van der Waals surface area contributed by atoms with E-state index in [0.717, 1.165) is 45.1 Å². The van der Waals surface area contributed by atoms with Crippen LogP contribution in [0.4, 0.5) is 4.79 Å². The fraction of sp³-hybridized carbons (Fsp3) is 0.649. The number of para-hydroxylation sites is 1. The molecule has 3 amide bonds. The molecule has 2 saturated heterocycles. The lowest BCUT2D eigenvalue weighted by atomic mass is 9.82. The summed E-state index contributed by atoms with van der Waals surface area (Å²) in [5.74, 6) is -0.384. The number of hydrogen-bond donors (Lipinski definition) is 1. The highest BCUT2D eigenvalue weighted by molar-refractivity contribution is 7.10. The van der Waals surface area contributed by atoms with Crippen molar-refractivity contribution in [3.8, 4) is 5.75 Å². The van der Waals surface area contributed by atoms with Gasteiger partial charge < -0.3 is 24.4 Å². The molecule has 1 aliphatic carbocycles. The number of ether oxygens (including phenoxy) is 3. The van der Waals surface area contributed by atoms with Gasteiger partial charge in [-0.05, 0) is 71.9 Å². The Labute approximate surface area is 299 Å². The van der Waals surface area contributed by atoms with Crippen molar-refractivity contribution in [2.45, 2.75) is 109 Å². The Balaban J connectivity index is 1.44. The highest BCUT2D eigenvalue weighted by Gasteiger charge is 2.46. The third-order valence-electron chi connectivity index (χ3n) is 10.1. The fourth-order valence-electron chi connectivity index (χ4n) is 7.32. The average molecular weight is 712 g/mol. The minimum atomic E-state index is -0.860. The molecule has 12 nitrogen and oxygen atoms in total. The zero-order chi connectivity index (χ0) is 36.2. The molecule has 0 radical (unpaired) electrons. The number of ketones is 1. The summed E-state index contributed by atoms with van der Waals surface area (Å²) in [6.07, 6.45) is 4.96. The van der Waals surface area contributed by atoms with Gasteiger partial charge in [0.1, 0.15) is 34.1 Å². The Morgan fingerprint density at radius 3 is 2.48 bits per heavy atom. The molecule has 0 bridgehead atoms. The molecule has 1 aromatic carbocycles. The molecule has 13 heteroatoms. The average Bonchev–Trinajstić information content (AvgIpc) is 3.75. The van der Waals surface area contributed by atoms with Crippen LogP contribution in [0.1, 0.15) is 100 Å². The SMILES string of the molecule is CCO[C@@H]1C[C@@H]2CN(C(=O)[C@@H](NC(=O)[C@H](C)N(C)C(=O)OC(C)(C)C)C3CCCCC3)[C@H](c3nc(C(=O)c4ccccc4OC)cs3)CN2C1. The zero-order valence-electron chi connectivity index (χ0n) is 30.5. The lowest BCUT2D eigenvalue weighted by Crippen LogP contribution is -2.61. The van der Waals surface area contributed by atoms with Crippen molar-refractivity contribution in [3.63, 3.8) is 0 Å². The van der Waals surface area contributed by atoms with Crippen molar-refractivity contribution in [1.82, 2.24) is 25.0 Å². The predicted molar refractivity (Wildman–Crippen MR) is 190 cm³/mol.